The van der Waals surface area contributed by atoms with Crippen molar-refractivity contribution in [2.75, 3.05) is 5.32 Å². The monoisotopic (exact) mass is 515 g/mol. The van der Waals surface area contributed by atoms with E-state index in [-0.39, 0.29) is 45.7 Å². The number of alkyl halides is 3. The van der Waals surface area contributed by atoms with Crippen molar-refractivity contribution in [3.8, 4) is 11.3 Å². The lowest BCUT2D eigenvalue weighted by molar-refractivity contribution is -0.139. The fraction of sp³-hybridized carbons (Fsp3) is 0.375. The standard InChI is InChI=1S/C24H21F4N7O2/c1-10(36)31-21(11-2-3-11)18-20(25)19(24(26,27)28)17(13-6-30-34-22(13)18)14-8-35-9-15(32-16(35)7-29-14)33-23(37)12-4-5-12/h6-9,11-12,21H,2-5H2,1H3,(H,30,34)(H,31,36)(H,33,37). The van der Waals surface area contributed by atoms with Crippen molar-refractivity contribution in [1.29, 1.82) is 0 Å². The van der Waals surface area contributed by atoms with E-state index >= 15 is 4.39 Å². The molecule has 2 amide bonds. The molecule has 4 aromatic rings. The van der Waals surface area contributed by atoms with Gasteiger partial charge in [-0.1, -0.05) is 0 Å². The lowest BCUT2D eigenvalue weighted by Gasteiger charge is -2.23. The smallest absolute Gasteiger partial charge is 0.349 e. The van der Waals surface area contributed by atoms with Crippen LogP contribution in [0.1, 0.15) is 49.8 Å². The second-order valence-corrected chi connectivity index (χ2v) is 9.58. The molecule has 6 rings (SSSR count). The van der Waals surface area contributed by atoms with Crippen LogP contribution < -0.4 is 10.6 Å². The van der Waals surface area contributed by atoms with Gasteiger partial charge in [0.15, 0.2) is 11.5 Å². The third-order valence-corrected chi connectivity index (χ3v) is 6.73. The largest absolute Gasteiger partial charge is 0.419 e. The summed E-state index contributed by atoms with van der Waals surface area (Å²) in [7, 11) is 0. The molecular weight excluding hydrogens is 494 g/mol. The lowest BCUT2D eigenvalue weighted by Crippen LogP contribution is -2.29. The Bertz CT molecular complexity index is 1570. The lowest BCUT2D eigenvalue weighted by atomic mass is 9.90. The molecule has 13 heteroatoms. The second-order valence-electron chi connectivity index (χ2n) is 9.58. The summed E-state index contributed by atoms with van der Waals surface area (Å²) in [5, 5.41) is 11.9. The van der Waals surface area contributed by atoms with Crippen LogP contribution in [0.25, 0.3) is 27.8 Å². The van der Waals surface area contributed by atoms with Crippen LogP contribution in [0, 0.1) is 17.7 Å². The van der Waals surface area contributed by atoms with Crippen LogP contribution in [0.2, 0.25) is 0 Å². The molecule has 2 aliphatic rings. The number of halogens is 4. The number of fused-ring (bicyclic) bond motifs is 2. The average molecular weight is 515 g/mol. The number of hydrogen-bond donors (Lipinski definition) is 3. The Kier molecular flexibility index (Phi) is 5.21. The summed E-state index contributed by atoms with van der Waals surface area (Å²) in [6, 6.07) is -0.933. The molecule has 3 heterocycles. The number of amides is 2. The van der Waals surface area contributed by atoms with Crippen LogP contribution in [0.15, 0.2) is 24.8 Å². The quantitative estimate of drug-likeness (QED) is 0.330. The number of aromatic nitrogens is 5. The van der Waals surface area contributed by atoms with Crippen molar-refractivity contribution >= 4 is 34.2 Å². The Balaban J connectivity index is 1.53. The maximum Gasteiger partial charge on any atom is 0.419 e. The van der Waals surface area contributed by atoms with Gasteiger partial charge in [0.05, 0.1) is 35.8 Å². The molecule has 1 unspecified atom stereocenters. The van der Waals surface area contributed by atoms with Crippen molar-refractivity contribution in [3.63, 3.8) is 0 Å². The number of hydrogen-bond acceptors (Lipinski definition) is 5. The van der Waals surface area contributed by atoms with Crippen LogP contribution in [-0.4, -0.2) is 36.4 Å². The first kappa shape index (κ1) is 23.4. The molecule has 2 aliphatic carbocycles. The average Bonchev–Trinajstić information content (AvgIpc) is 3.75. The van der Waals surface area contributed by atoms with E-state index in [1.165, 1.54) is 36.1 Å². The van der Waals surface area contributed by atoms with Crippen LogP contribution in [-0.2, 0) is 15.8 Å². The van der Waals surface area contributed by atoms with E-state index < -0.39 is 35.1 Å². The minimum absolute atomic E-state index is 0.0222. The predicted molar refractivity (Wildman–Crippen MR) is 124 cm³/mol. The number of benzene rings is 1. The van der Waals surface area contributed by atoms with Crippen molar-refractivity contribution in [3.05, 3.63) is 41.7 Å². The number of nitrogens with one attached hydrogen (secondary N) is 3. The predicted octanol–water partition coefficient (Wildman–Crippen LogP) is 4.37. The molecule has 0 radical (unpaired) electrons. The molecule has 9 nitrogen and oxygen atoms in total. The SMILES string of the molecule is CC(=O)NC(c1c(F)c(C(F)(F)F)c(-c2cn3cc(NC(=O)C4CC4)nc3cn2)c2cn[nH]c12)C1CC1. The highest BCUT2D eigenvalue weighted by Crippen LogP contribution is 2.49. The van der Waals surface area contributed by atoms with Gasteiger partial charge in [-0.05, 0) is 31.6 Å². The second kappa shape index (κ2) is 8.25. The molecule has 192 valence electrons. The summed E-state index contributed by atoms with van der Waals surface area (Å²) in [5.41, 5.74) is -2.03. The topological polar surface area (TPSA) is 117 Å². The third-order valence-electron chi connectivity index (χ3n) is 6.73. The molecule has 2 fully saturated rings. The van der Waals surface area contributed by atoms with Gasteiger partial charge in [0.25, 0.3) is 0 Å². The number of imidazole rings is 1. The molecule has 37 heavy (non-hydrogen) atoms. The van der Waals surface area contributed by atoms with E-state index in [1.54, 1.807) is 0 Å². The van der Waals surface area contributed by atoms with Crippen molar-refractivity contribution in [1.82, 2.24) is 29.9 Å². The molecule has 3 N–H and O–H groups in total. The van der Waals surface area contributed by atoms with Gasteiger partial charge in [-0.25, -0.2) is 9.37 Å². The van der Waals surface area contributed by atoms with Gasteiger partial charge in [-0.3, -0.25) is 19.7 Å². The van der Waals surface area contributed by atoms with E-state index in [1.807, 2.05) is 0 Å². The van der Waals surface area contributed by atoms with Crippen LogP contribution in [0.5, 0.6) is 0 Å². The molecule has 2 saturated carbocycles. The highest BCUT2D eigenvalue weighted by atomic mass is 19.4. The molecule has 0 aliphatic heterocycles. The van der Waals surface area contributed by atoms with Crippen molar-refractivity contribution < 1.29 is 27.2 Å². The fourth-order valence-electron chi connectivity index (χ4n) is 4.73. The number of carbonyl (C=O) groups is 2. The molecular formula is C24H21F4N7O2. The zero-order chi connectivity index (χ0) is 26.1. The van der Waals surface area contributed by atoms with Crippen LogP contribution in [0.3, 0.4) is 0 Å². The normalized spacial score (nSPS) is 16.8. The molecule has 1 atom stereocenters. The van der Waals surface area contributed by atoms with E-state index in [0.717, 1.165) is 12.8 Å². The zero-order valence-electron chi connectivity index (χ0n) is 19.5. The molecule has 1 aromatic carbocycles. The minimum atomic E-state index is -5.07. The summed E-state index contributed by atoms with van der Waals surface area (Å²) in [4.78, 5) is 32.3. The Hall–Kier alpha value is -4.03. The number of H-pyrrole nitrogens is 1. The number of carbonyl (C=O) groups excluding carboxylic acids is 2. The van der Waals surface area contributed by atoms with Gasteiger partial charge < -0.3 is 15.0 Å². The first-order chi connectivity index (χ1) is 17.6. The zero-order valence-corrected chi connectivity index (χ0v) is 19.5. The number of nitrogens with zero attached hydrogens (tertiary/aromatic N) is 4. The Labute approximate surface area is 206 Å². The fourth-order valence-corrected chi connectivity index (χ4v) is 4.73. The third kappa shape index (κ3) is 4.17. The Morgan fingerprint density at radius 2 is 1.92 bits per heavy atom. The van der Waals surface area contributed by atoms with Crippen LogP contribution >= 0.6 is 0 Å². The number of aromatic amines is 1. The molecule has 0 saturated heterocycles. The van der Waals surface area contributed by atoms with Gasteiger partial charge in [0.1, 0.15) is 11.4 Å². The van der Waals surface area contributed by atoms with Crippen molar-refractivity contribution in [2.45, 2.75) is 44.8 Å². The number of rotatable bonds is 6. The van der Waals surface area contributed by atoms with E-state index in [0.29, 0.717) is 18.5 Å². The summed E-state index contributed by atoms with van der Waals surface area (Å²) in [6.07, 6.45) is 3.06. The van der Waals surface area contributed by atoms with Gasteiger partial charge in [-0.2, -0.15) is 18.3 Å². The van der Waals surface area contributed by atoms with Gasteiger partial charge in [-0.15, -0.1) is 0 Å². The van der Waals surface area contributed by atoms with E-state index in [2.05, 4.69) is 30.8 Å². The summed E-state index contributed by atoms with van der Waals surface area (Å²) in [6.45, 7) is 1.24. The van der Waals surface area contributed by atoms with E-state index in [9.17, 15) is 22.8 Å². The highest BCUT2D eigenvalue weighted by molar-refractivity contribution is 5.98. The maximum absolute atomic E-state index is 15.9. The molecule has 0 spiro atoms. The minimum Gasteiger partial charge on any atom is -0.349 e. The summed E-state index contributed by atoms with van der Waals surface area (Å²) in [5.74, 6) is -2.11. The molecule has 0 bridgehead atoms. The number of anilines is 1. The summed E-state index contributed by atoms with van der Waals surface area (Å²) >= 11 is 0. The van der Waals surface area contributed by atoms with Gasteiger partial charge in [0.2, 0.25) is 11.8 Å². The highest BCUT2D eigenvalue weighted by Gasteiger charge is 2.44. The molecule has 3 aromatic heterocycles. The Morgan fingerprint density at radius 1 is 1.16 bits per heavy atom. The van der Waals surface area contributed by atoms with Gasteiger partial charge in [0, 0.05) is 35.6 Å². The first-order valence-electron chi connectivity index (χ1n) is 11.8. The first-order valence-corrected chi connectivity index (χ1v) is 11.8. The summed E-state index contributed by atoms with van der Waals surface area (Å²) < 4.78 is 60.7. The van der Waals surface area contributed by atoms with Crippen molar-refractivity contribution in [2.24, 2.45) is 11.8 Å². The Morgan fingerprint density at radius 3 is 2.57 bits per heavy atom. The van der Waals surface area contributed by atoms with Crippen LogP contribution in [0.4, 0.5) is 23.4 Å². The van der Waals surface area contributed by atoms with E-state index in [4.69, 9.17) is 0 Å². The maximum atomic E-state index is 15.9. The van der Waals surface area contributed by atoms with Gasteiger partial charge >= 0.3 is 6.18 Å².